The average Bonchev–Trinajstić information content (AvgIpc) is 2.32. The summed E-state index contributed by atoms with van der Waals surface area (Å²) in [7, 11) is 0. The molecule has 2 aromatic carbocycles. The molecule has 15 heavy (non-hydrogen) atoms. The molecule has 0 radical (unpaired) electrons. The van der Waals surface area contributed by atoms with Gasteiger partial charge in [0.2, 0.25) is 0 Å². The average molecular weight is 216 g/mol. The minimum absolute atomic E-state index is 0.729. The zero-order valence-corrected chi connectivity index (χ0v) is 9.10. The van der Waals surface area contributed by atoms with Gasteiger partial charge in [0.15, 0.2) is 0 Å². The van der Waals surface area contributed by atoms with Crippen molar-refractivity contribution in [1.82, 2.24) is 0 Å². The Morgan fingerprint density at radius 1 is 0.800 bits per heavy atom. The van der Waals surface area contributed by atoms with Crippen LogP contribution in [-0.4, -0.2) is 6.29 Å². The molecule has 0 heterocycles. The summed E-state index contributed by atoms with van der Waals surface area (Å²) in [5, 5.41) is 0. The van der Waals surface area contributed by atoms with Gasteiger partial charge in [-0.2, -0.15) is 0 Å². The van der Waals surface area contributed by atoms with E-state index in [2.05, 4.69) is 12.6 Å². The Bertz CT molecular complexity index is 384. The molecule has 0 aromatic heterocycles. The first kappa shape index (κ1) is 11.5. The maximum Gasteiger partial charge on any atom is 0.150 e. The third kappa shape index (κ3) is 5.03. The molecule has 0 saturated heterocycles. The molecule has 2 aromatic rings. The van der Waals surface area contributed by atoms with Crippen LogP contribution in [0.1, 0.15) is 10.4 Å². The van der Waals surface area contributed by atoms with E-state index < -0.39 is 0 Å². The van der Waals surface area contributed by atoms with Crippen LogP contribution in [0.25, 0.3) is 0 Å². The maximum atomic E-state index is 10.0. The van der Waals surface area contributed by atoms with E-state index >= 15 is 0 Å². The standard InChI is InChI=1S/C7H6O.C6H6S/c8-6-7-4-2-1-3-5-7;7-6-4-2-1-3-5-6/h1-6H;1-5,7H. The third-order valence-corrected chi connectivity index (χ3v) is 1.99. The van der Waals surface area contributed by atoms with E-state index in [9.17, 15) is 4.79 Å². The van der Waals surface area contributed by atoms with Gasteiger partial charge < -0.3 is 0 Å². The van der Waals surface area contributed by atoms with E-state index in [1.807, 2.05) is 48.5 Å². The molecule has 2 rings (SSSR count). The van der Waals surface area contributed by atoms with Gasteiger partial charge in [-0.15, -0.1) is 12.6 Å². The Morgan fingerprint density at radius 3 is 1.53 bits per heavy atom. The minimum Gasteiger partial charge on any atom is -0.298 e. The van der Waals surface area contributed by atoms with Crippen LogP contribution >= 0.6 is 12.6 Å². The number of hydrogen-bond donors (Lipinski definition) is 1. The lowest BCUT2D eigenvalue weighted by molar-refractivity contribution is 0.112. The van der Waals surface area contributed by atoms with E-state index in [1.54, 1.807) is 12.1 Å². The topological polar surface area (TPSA) is 17.1 Å². The first-order valence-corrected chi connectivity index (χ1v) is 5.02. The predicted molar refractivity (Wildman–Crippen MR) is 65.5 cm³/mol. The zero-order chi connectivity index (χ0) is 10.9. The molecule has 0 fully saturated rings. The molecule has 0 saturated carbocycles. The molecule has 0 spiro atoms. The molecule has 0 N–H and O–H groups in total. The Balaban J connectivity index is 0.000000151. The number of carbonyl (C=O) groups excluding carboxylic acids is 1. The fourth-order valence-electron chi connectivity index (χ4n) is 0.960. The molecule has 0 aliphatic carbocycles. The minimum atomic E-state index is 0.729. The fraction of sp³-hybridized carbons (Fsp3) is 0. The Hall–Kier alpha value is -1.54. The summed E-state index contributed by atoms with van der Waals surface area (Å²) in [6.07, 6.45) is 0.833. The molecule has 0 aliphatic heterocycles. The quantitative estimate of drug-likeness (QED) is 0.570. The summed E-state index contributed by atoms with van der Waals surface area (Å²) in [6, 6.07) is 18.9. The molecular weight excluding hydrogens is 204 g/mol. The number of carbonyl (C=O) groups is 1. The lowest BCUT2D eigenvalue weighted by Gasteiger charge is -1.81. The van der Waals surface area contributed by atoms with Crippen molar-refractivity contribution in [2.45, 2.75) is 4.90 Å². The van der Waals surface area contributed by atoms with Gasteiger partial charge in [-0.25, -0.2) is 0 Å². The number of benzene rings is 2. The highest BCUT2D eigenvalue weighted by Crippen LogP contribution is 2.00. The highest BCUT2D eigenvalue weighted by molar-refractivity contribution is 7.80. The van der Waals surface area contributed by atoms with Gasteiger partial charge >= 0.3 is 0 Å². The predicted octanol–water partition coefficient (Wildman–Crippen LogP) is 3.47. The summed E-state index contributed by atoms with van der Waals surface area (Å²) in [6.45, 7) is 0. The number of hydrogen-bond acceptors (Lipinski definition) is 2. The molecule has 0 amide bonds. The van der Waals surface area contributed by atoms with Gasteiger partial charge in [0.05, 0.1) is 0 Å². The molecule has 0 atom stereocenters. The first-order chi connectivity index (χ1) is 7.33. The van der Waals surface area contributed by atoms with Crippen LogP contribution in [0.15, 0.2) is 65.6 Å². The van der Waals surface area contributed by atoms with Crippen LogP contribution in [0.2, 0.25) is 0 Å². The van der Waals surface area contributed by atoms with Crippen molar-refractivity contribution < 1.29 is 4.79 Å². The van der Waals surface area contributed by atoms with E-state index in [0.29, 0.717) is 0 Å². The highest BCUT2D eigenvalue weighted by Gasteiger charge is 1.80. The van der Waals surface area contributed by atoms with Crippen molar-refractivity contribution in [3.8, 4) is 0 Å². The Kier molecular flexibility index (Phi) is 5.26. The van der Waals surface area contributed by atoms with Gasteiger partial charge in [-0.05, 0) is 12.1 Å². The van der Waals surface area contributed by atoms with Gasteiger partial charge in [0, 0.05) is 10.5 Å². The zero-order valence-electron chi connectivity index (χ0n) is 8.21. The normalized spacial score (nSPS) is 8.60. The van der Waals surface area contributed by atoms with Crippen LogP contribution in [0.3, 0.4) is 0 Å². The second-order valence-corrected chi connectivity index (χ2v) is 3.38. The summed E-state index contributed by atoms with van der Waals surface area (Å²) < 4.78 is 0. The van der Waals surface area contributed by atoms with Crippen LogP contribution in [0.5, 0.6) is 0 Å². The smallest absolute Gasteiger partial charge is 0.150 e. The van der Waals surface area contributed by atoms with Crippen molar-refractivity contribution in [3.63, 3.8) is 0 Å². The van der Waals surface area contributed by atoms with E-state index in [0.717, 1.165) is 16.7 Å². The van der Waals surface area contributed by atoms with Gasteiger partial charge in [-0.3, -0.25) is 4.79 Å². The molecule has 1 nitrogen and oxygen atoms in total. The van der Waals surface area contributed by atoms with Crippen LogP contribution < -0.4 is 0 Å². The maximum absolute atomic E-state index is 10.0. The van der Waals surface area contributed by atoms with Crippen molar-refractivity contribution >= 4 is 18.9 Å². The highest BCUT2D eigenvalue weighted by atomic mass is 32.1. The van der Waals surface area contributed by atoms with Crippen molar-refractivity contribution in [3.05, 3.63) is 66.2 Å². The summed E-state index contributed by atoms with van der Waals surface area (Å²) >= 11 is 4.08. The van der Waals surface area contributed by atoms with Crippen molar-refractivity contribution in [2.24, 2.45) is 0 Å². The summed E-state index contributed by atoms with van der Waals surface area (Å²) in [5.74, 6) is 0. The lowest BCUT2D eigenvalue weighted by atomic mass is 10.2. The molecule has 76 valence electrons. The second kappa shape index (κ2) is 6.85. The Morgan fingerprint density at radius 2 is 1.27 bits per heavy atom. The number of thiol groups is 1. The van der Waals surface area contributed by atoms with E-state index in [1.165, 1.54) is 0 Å². The Labute approximate surface area is 95.2 Å². The van der Waals surface area contributed by atoms with E-state index in [4.69, 9.17) is 0 Å². The van der Waals surface area contributed by atoms with Gasteiger partial charge in [0.1, 0.15) is 6.29 Å². The molecule has 2 heteroatoms. The van der Waals surface area contributed by atoms with E-state index in [-0.39, 0.29) is 0 Å². The SMILES string of the molecule is O=Cc1ccccc1.Sc1ccccc1. The summed E-state index contributed by atoms with van der Waals surface area (Å²) in [5.41, 5.74) is 0.729. The van der Waals surface area contributed by atoms with Gasteiger partial charge in [0.25, 0.3) is 0 Å². The molecule has 0 unspecified atom stereocenters. The van der Waals surface area contributed by atoms with Crippen LogP contribution in [-0.2, 0) is 0 Å². The fourth-order valence-corrected chi connectivity index (χ4v) is 1.13. The van der Waals surface area contributed by atoms with Crippen LogP contribution in [0, 0.1) is 0 Å². The first-order valence-electron chi connectivity index (χ1n) is 4.57. The second-order valence-electron chi connectivity index (χ2n) is 2.86. The molecule has 0 bridgehead atoms. The van der Waals surface area contributed by atoms with Gasteiger partial charge in [-0.1, -0.05) is 48.5 Å². The van der Waals surface area contributed by atoms with Crippen molar-refractivity contribution in [1.29, 1.82) is 0 Å². The molecule has 0 aliphatic rings. The number of aldehydes is 1. The number of rotatable bonds is 1. The summed E-state index contributed by atoms with van der Waals surface area (Å²) in [4.78, 5) is 11.0. The lowest BCUT2D eigenvalue weighted by Crippen LogP contribution is -1.73. The third-order valence-electron chi connectivity index (χ3n) is 1.69. The largest absolute Gasteiger partial charge is 0.298 e. The molecular formula is C13H12OS. The van der Waals surface area contributed by atoms with Crippen molar-refractivity contribution in [2.75, 3.05) is 0 Å². The monoisotopic (exact) mass is 216 g/mol. The van der Waals surface area contributed by atoms with Crippen LogP contribution in [0.4, 0.5) is 0 Å².